The van der Waals surface area contributed by atoms with Gasteiger partial charge in [0.25, 0.3) is 0 Å². The largest absolute Gasteiger partial charge is 0.377 e. The van der Waals surface area contributed by atoms with Gasteiger partial charge in [-0.1, -0.05) is 24.9 Å². The Morgan fingerprint density at radius 3 is 3.06 bits per heavy atom. The SMILES string of the molecule is CCC1CCCN(c2cc(Cl)nc(COC)n2)C1. The van der Waals surface area contributed by atoms with Crippen molar-refractivity contribution in [3.63, 3.8) is 0 Å². The minimum atomic E-state index is 0.401. The molecule has 1 aromatic rings. The topological polar surface area (TPSA) is 38.2 Å². The fourth-order valence-electron chi connectivity index (χ4n) is 2.41. The van der Waals surface area contributed by atoms with Gasteiger partial charge in [-0.25, -0.2) is 9.97 Å². The molecule has 2 heterocycles. The molecule has 0 radical (unpaired) electrons. The number of methoxy groups -OCH3 is 1. The van der Waals surface area contributed by atoms with E-state index in [1.807, 2.05) is 6.07 Å². The van der Waals surface area contributed by atoms with Crippen LogP contribution in [0.3, 0.4) is 0 Å². The van der Waals surface area contributed by atoms with Crippen molar-refractivity contribution in [1.82, 2.24) is 9.97 Å². The highest BCUT2D eigenvalue weighted by Crippen LogP contribution is 2.25. The third-order valence-electron chi connectivity index (χ3n) is 3.42. The molecule has 18 heavy (non-hydrogen) atoms. The van der Waals surface area contributed by atoms with Crippen molar-refractivity contribution in [3.05, 3.63) is 17.0 Å². The lowest BCUT2D eigenvalue weighted by Gasteiger charge is -2.33. The van der Waals surface area contributed by atoms with Gasteiger partial charge in [0.15, 0.2) is 5.82 Å². The number of ether oxygens (including phenoxy) is 1. The second-order valence-corrected chi connectivity index (χ2v) is 5.15. The molecule has 0 saturated carbocycles. The van der Waals surface area contributed by atoms with E-state index in [4.69, 9.17) is 16.3 Å². The maximum absolute atomic E-state index is 6.04. The number of anilines is 1. The number of hydrogen-bond acceptors (Lipinski definition) is 4. The Hall–Kier alpha value is -0.870. The molecule has 0 spiro atoms. The number of halogens is 1. The van der Waals surface area contributed by atoms with Gasteiger partial charge < -0.3 is 9.64 Å². The van der Waals surface area contributed by atoms with Crippen molar-refractivity contribution in [3.8, 4) is 0 Å². The Kier molecular flexibility index (Phi) is 4.78. The van der Waals surface area contributed by atoms with Gasteiger partial charge in [-0.05, 0) is 18.8 Å². The summed E-state index contributed by atoms with van der Waals surface area (Å²) in [7, 11) is 1.64. The van der Waals surface area contributed by atoms with Gasteiger partial charge in [0.05, 0.1) is 0 Å². The van der Waals surface area contributed by atoms with Crippen LogP contribution in [0.15, 0.2) is 6.07 Å². The van der Waals surface area contributed by atoms with E-state index in [2.05, 4.69) is 21.8 Å². The monoisotopic (exact) mass is 269 g/mol. The molecule has 1 atom stereocenters. The smallest absolute Gasteiger partial charge is 0.158 e. The van der Waals surface area contributed by atoms with Crippen molar-refractivity contribution in [2.24, 2.45) is 5.92 Å². The third-order valence-corrected chi connectivity index (χ3v) is 3.62. The molecule has 0 bridgehead atoms. The zero-order valence-electron chi connectivity index (χ0n) is 11.0. The summed E-state index contributed by atoms with van der Waals surface area (Å²) in [6.07, 6.45) is 3.76. The molecule has 0 aliphatic carbocycles. The van der Waals surface area contributed by atoms with Gasteiger partial charge in [0.1, 0.15) is 17.6 Å². The van der Waals surface area contributed by atoms with Crippen LogP contribution in [0.4, 0.5) is 5.82 Å². The highest BCUT2D eigenvalue weighted by molar-refractivity contribution is 6.29. The van der Waals surface area contributed by atoms with Gasteiger partial charge in [-0.2, -0.15) is 0 Å². The lowest BCUT2D eigenvalue weighted by molar-refractivity contribution is 0.178. The van der Waals surface area contributed by atoms with Crippen LogP contribution in [0, 0.1) is 5.92 Å². The van der Waals surface area contributed by atoms with Crippen LogP contribution in [0.25, 0.3) is 0 Å². The number of aromatic nitrogens is 2. The normalized spacial score (nSPS) is 20.2. The molecular formula is C13H20ClN3O. The van der Waals surface area contributed by atoms with Gasteiger partial charge in [0, 0.05) is 26.3 Å². The molecule has 4 nitrogen and oxygen atoms in total. The minimum Gasteiger partial charge on any atom is -0.377 e. The first-order valence-corrected chi connectivity index (χ1v) is 6.88. The highest BCUT2D eigenvalue weighted by atomic mass is 35.5. The molecule has 1 fully saturated rings. The quantitative estimate of drug-likeness (QED) is 0.788. The van der Waals surface area contributed by atoms with E-state index in [-0.39, 0.29) is 0 Å². The molecule has 1 aromatic heterocycles. The zero-order chi connectivity index (χ0) is 13.0. The van der Waals surface area contributed by atoms with E-state index in [9.17, 15) is 0 Å². The van der Waals surface area contributed by atoms with Crippen molar-refractivity contribution < 1.29 is 4.74 Å². The van der Waals surface area contributed by atoms with E-state index in [1.165, 1.54) is 19.3 Å². The van der Waals surface area contributed by atoms with Crippen molar-refractivity contribution in [2.75, 3.05) is 25.1 Å². The van der Waals surface area contributed by atoms with Gasteiger partial charge >= 0.3 is 0 Å². The van der Waals surface area contributed by atoms with E-state index in [0.717, 1.165) is 24.8 Å². The lowest BCUT2D eigenvalue weighted by atomic mass is 9.96. The van der Waals surface area contributed by atoms with E-state index in [0.29, 0.717) is 17.6 Å². The Bertz CT molecular complexity index is 400. The molecule has 1 saturated heterocycles. The summed E-state index contributed by atoms with van der Waals surface area (Å²) in [5, 5.41) is 0.491. The van der Waals surface area contributed by atoms with Crippen LogP contribution in [-0.4, -0.2) is 30.2 Å². The molecule has 5 heteroatoms. The average Bonchev–Trinajstić information content (AvgIpc) is 2.38. The van der Waals surface area contributed by atoms with Gasteiger partial charge in [-0.15, -0.1) is 0 Å². The second-order valence-electron chi connectivity index (χ2n) is 4.76. The first-order chi connectivity index (χ1) is 8.72. The first-order valence-electron chi connectivity index (χ1n) is 6.50. The standard InChI is InChI=1S/C13H20ClN3O/c1-3-10-5-4-6-17(8-10)13-7-11(14)15-12(16-13)9-18-2/h7,10H,3-6,8-9H2,1-2H3. The van der Waals surface area contributed by atoms with Gasteiger partial charge in [0.2, 0.25) is 0 Å². The predicted molar refractivity (Wildman–Crippen MR) is 73.0 cm³/mol. The summed E-state index contributed by atoms with van der Waals surface area (Å²) in [5.41, 5.74) is 0. The number of rotatable bonds is 4. The Morgan fingerprint density at radius 2 is 2.33 bits per heavy atom. The molecule has 1 unspecified atom stereocenters. The fourth-order valence-corrected chi connectivity index (χ4v) is 2.61. The third kappa shape index (κ3) is 3.33. The maximum atomic E-state index is 6.04. The molecule has 0 amide bonds. The molecule has 2 rings (SSSR count). The van der Waals surface area contributed by atoms with E-state index >= 15 is 0 Å². The number of hydrogen-bond donors (Lipinski definition) is 0. The summed E-state index contributed by atoms with van der Waals surface area (Å²) in [6, 6.07) is 1.85. The maximum Gasteiger partial charge on any atom is 0.158 e. The molecule has 0 N–H and O–H groups in total. The molecule has 100 valence electrons. The summed E-state index contributed by atoms with van der Waals surface area (Å²) >= 11 is 6.04. The van der Waals surface area contributed by atoms with Crippen LogP contribution in [0.5, 0.6) is 0 Å². The fraction of sp³-hybridized carbons (Fsp3) is 0.692. The predicted octanol–water partition coefficient (Wildman–Crippen LogP) is 2.90. The Morgan fingerprint density at radius 1 is 1.50 bits per heavy atom. The number of piperidine rings is 1. The van der Waals surface area contributed by atoms with E-state index in [1.54, 1.807) is 7.11 Å². The molecule has 1 aliphatic heterocycles. The average molecular weight is 270 g/mol. The van der Waals surface area contributed by atoms with Crippen molar-refractivity contribution >= 4 is 17.4 Å². The summed E-state index contributed by atoms with van der Waals surface area (Å²) < 4.78 is 5.07. The summed E-state index contributed by atoms with van der Waals surface area (Å²) in [4.78, 5) is 11.0. The van der Waals surface area contributed by atoms with Crippen LogP contribution >= 0.6 is 11.6 Å². The first kappa shape index (κ1) is 13.6. The second kappa shape index (κ2) is 6.34. The number of nitrogens with zero attached hydrogens (tertiary/aromatic N) is 3. The summed E-state index contributed by atoms with van der Waals surface area (Å²) in [5.74, 6) is 2.34. The zero-order valence-corrected chi connectivity index (χ0v) is 11.8. The Labute approximate surface area is 113 Å². The molecular weight excluding hydrogens is 250 g/mol. The van der Waals surface area contributed by atoms with Crippen LogP contribution < -0.4 is 4.90 Å². The van der Waals surface area contributed by atoms with Gasteiger partial charge in [-0.3, -0.25) is 0 Å². The van der Waals surface area contributed by atoms with Crippen LogP contribution in [-0.2, 0) is 11.3 Å². The van der Waals surface area contributed by atoms with Crippen LogP contribution in [0.1, 0.15) is 32.0 Å². The minimum absolute atomic E-state index is 0.401. The van der Waals surface area contributed by atoms with Crippen molar-refractivity contribution in [1.29, 1.82) is 0 Å². The Balaban J connectivity index is 2.16. The van der Waals surface area contributed by atoms with Crippen LogP contribution in [0.2, 0.25) is 5.15 Å². The highest BCUT2D eigenvalue weighted by Gasteiger charge is 2.20. The lowest BCUT2D eigenvalue weighted by Crippen LogP contribution is -2.35. The van der Waals surface area contributed by atoms with E-state index < -0.39 is 0 Å². The van der Waals surface area contributed by atoms with Crippen molar-refractivity contribution in [2.45, 2.75) is 32.8 Å². The molecule has 1 aliphatic rings. The molecule has 0 aromatic carbocycles. The summed E-state index contributed by atoms with van der Waals surface area (Å²) in [6.45, 7) is 4.77.